The highest BCUT2D eigenvalue weighted by Gasteiger charge is 2.18. The molecule has 26 heavy (non-hydrogen) atoms. The molecular formula is C17H11FN4O3S. The van der Waals surface area contributed by atoms with Crippen LogP contribution in [0.1, 0.15) is 5.56 Å². The second-order valence-electron chi connectivity index (χ2n) is 5.00. The van der Waals surface area contributed by atoms with Gasteiger partial charge in [-0.15, -0.1) is 0 Å². The van der Waals surface area contributed by atoms with Crippen molar-refractivity contribution in [2.24, 2.45) is 0 Å². The highest BCUT2D eigenvalue weighted by Crippen LogP contribution is 2.22. The van der Waals surface area contributed by atoms with Gasteiger partial charge in [0.05, 0.1) is 23.6 Å². The Morgan fingerprint density at radius 3 is 2.38 bits per heavy atom. The third-order valence-electron chi connectivity index (χ3n) is 3.22. The fraction of sp³-hybridized carbons (Fsp3) is 0. The lowest BCUT2D eigenvalue weighted by Gasteiger charge is -2.09. The fourth-order valence-corrected chi connectivity index (χ4v) is 3.24. The zero-order valence-electron chi connectivity index (χ0n) is 13.1. The Labute approximate surface area is 148 Å². The molecule has 0 spiro atoms. The van der Waals surface area contributed by atoms with E-state index in [0.29, 0.717) is 0 Å². The quantitative estimate of drug-likeness (QED) is 0.740. The molecular weight excluding hydrogens is 359 g/mol. The van der Waals surface area contributed by atoms with E-state index in [4.69, 9.17) is 10.00 Å². The molecule has 2 aromatic carbocycles. The zero-order valence-corrected chi connectivity index (χ0v) is 13.9. The van der Waals surface area contributed by atoms with Crippen molar-refractivity contribution >= 4 is 15.7 Å². The molecule has 0 radical (unpaired) electrons. The Morgan fingerprint density at radius 2 is 1.69 bits per heavy atom. The molecule has 7 nitrogen and oxygen atoms in total. The molecule has 1 N–H and O–H groups in total. The molecule has 0 atom stereocenters. The van der Waals surface area contributed by atoms with Crippen molar-refractivity contribution in [2.75, 3.05) is 4.72 Å². The molecule has 0 aliphatic carbocycles. The van der Waals surface area contributed by atoms with Gasteiger partial charge in [-0.1, -0.05) is 24.3 Å². The van der Waals surface area contributed by atoms with Crippen LogP contribution in [0.3, 0.4) is 0 Å². The summed E-state index contributed by atoms with van der Waals surface area (Å²) in [6, 6.07) is 13.2. The van der Waals surface area contributed by atoms with Gasteiger partial charge in [0.2, 0.25) is 0 Å². The van der Waals surface area contributed by atoms with Crippen LogP contribution < -0.4 is 9.46 Å². The van der Waals surface area contributed by atoms with Gasteiger partial charge in [-0.05, 0) is 24.3 Å². The Bertz CT molecular complexity index is 1080. The number of rotatable bonds is 5. The lowest BCUT2D eigenvalue weighted by molar-refractivity contribution is 0.411. The summed E-state index contributed by atoms with van der Waals surface area (Å²) in [4.78, 5) is 7.53. The second kappa shape index (κ2) is 7.16. The molecule has 1 heterocycles. The fourth-order valence-electron chi connectivity index (χ4n) is 2.05. The van der Waals surface area contributed by atoms with Gasteiger partial charge in [0.1, 0.15) is 11.0 Å². The first kappa shape index (κ1) is 17.3. The molecule has 0 aliphatic rings. The average molecular weight is 370 g/mol. The summed E-state index contributed by atoms with van der Waals surface area (Å²) < 4.78 is 45.8. The Hall–Kier alpha value is -3.51. The number of nitriles is 1. The summed E-state index contributed by atoms with van der Waals surface area (Å²) in [6.07, 6.45) is 2.35. The summed E-state index contributed by atoms with van der Waals surface area (Å²) >= 11 is 0. The number of sulfonamides is 1. The van der Waals surface area contributed by atoms with Crippen LogP contribution in [0, 0.1) is 17.1 Å². The minimum Gasteiger partial charge on any atom is -0.421 e. The number of hydrogen-bond donors (Lipinski definition) is 1. The van der Waals surface area contributed by atoms with Gasteiger partial charge in [-0.2, -0.15) is 5.26 Å². The maximum absolute atomic E-state index is 13.5. The first-order valence-corrected chi connectivity index (χ1v) is 8.74. The number of nitrogens with zero attached hydrogens (tertiary/aromatic N) is 3. The van der Waals surface area contributed by atoms with Crippen molar-refractivity contribution in [1.29, 1.82) is 5.26 Å². The van der Waals surface area contributed by atoms with E-state index in [0.717, 1.165) is 0 Å². The molecule has 1 aromatic heterocycles. The molecule has 3 rings (SSSR count). The van der Waals surface area contributed by atoms with Crippen LogP contribution in [0.5, 0.6) is 11.8 Å². The molecule has 9 heteroatoms. The molecule has 0 saturated carbocycles. The van der Waals surface area contributed by atoms with Gasteiger partial charge >= 0.3 is 6.01 Å². The van der Waals surface area contributed by atoms with Gasteiger partial charge in [0.25, 0.3) is 10.0 Å². The van der Waals surface area contributed by atoms with Crippen molar-refractivity contribution < 1.29 is 17.5 Å². The number of aromatic nitrogens is 2. The van der Waals surface area contributed by atoms with Gasteiger partial charge in [-0.25, -0.2) is 22.8 Å². The van der Waals surface area contributed by atoms with E-state index in [2.05, 4.69) is 14.7 Å². The maximum atomic E-state index is 13.5. The van der Waals surface area contributed by atoms with E-state index < -0.39 is 15.8 Å². The molecule has 0 saturated heterocycles. The highest BCUT2D eigenvalue weighted by atomic mass is 32.2. The van der Waals surface area contributed by atoms with Crippen LogP contribution >= 0.6 is 0 Å². The highest BCUT2D eigenvalue weighted by molar-refractivity contribution is 7.92. The molecule has 0 aliphatic heterocycles. The minimum atomic E-state index is -3.99. The molecule has 0 bridgehead atoms. The number of halogens is 1. The minimum absolute atomic E-state index is 0.0143. The summed E-state index contributed by atoms with van der Waals surface area (Å²) in [6.45, 7) is 0. The van der Waals surface area contributed by atoms with Crippen LogP contribution in [0.25, 0.3) is 0 Å². The lowest BCUT2D eigenvalue weighted by atomic mass is 10.2. The van der Waals surface area contributed by atoms with Crippen molar-refractivity contribution in [2.45, 2.75) is 4.90 Å². The Morgan fingerprint density at radius 1 is 1.04 bits per heavy atom. The van der Waals surface area contributed by atoms with Crippen LogP contribution in [0.2, 0.25) is 0 Å². The van der Waals surface area contributed by atoms with Gasteiger partial charge in [0.15, 0.2) is 11.6 Å². The number of ether oxygens (including phenoxy) is 1. The van der Waals surface area contributed by atoms with Crippen molar-refractivity contribution in [3.63, 3.8) is 0 Å². The first-order valence-electron chi connectivity index (χ1n) is 7.26. The van der Waals surface area contributed by atoms with Gasteiger partial charge < -0.3 is 4.74 Å². The largest absolute Gasteiger partial charge is 0.421 e. The van der Waals surface area contributed by atoms with E-state index in [1.165, 1.54) is 48.8 Å². The van der Waals surface area contributed by atoms with E-state index in [1.54, 1.807) is 12.1 Å². The summed E-state index contributed by atoms with van der Waals surface area (Å²) in [5.41, 5.74) is 0.0825. The summed E-state index contributed by atoms with van der Waals surface area (Å²) in [7, 11) is -3.99. The number of para-hydroxylation sites is 1. The standard InChI is InChI=1S/C17H11FN4O3S/c18-14-6-2-3-7-15(14)25-17-20-10-13(11-21-17)22-26(23,24)16-8-4-1-5-12(16)9-19/h1-8,10-11,22H. The molecule has 0 amide bonds. The topological polar surface area (TPSA) is 105 Å². The van der Waals surface area contributed by atoms with Crippen molar-refractivity contribution in [1.82, 2.24) is 9.97 Å². The van der Waals surface area contributed by atoms with E-state index in [-0.39, 0.29) is 27.9 Å². The Balaban J connectivity index is 1.79. The van der Waals surface area contributed by atoms with E-state index >= 15 is 0 Å². The van der Waals surface area contributed by atoms with Crippen molar-refractivity contribution in [3.05, 3.63) is 72.3 Å². The van der Waals surface area contributed by atoms with E-state index in [1.807, 2.05) is 6.07 Å². The Kier molecular flexibility index (Phi) is 4.77. The normalized spacial score (nSPS) is 10.8. The predicted molar refractivity (Wildman–Crippen MR) is 90.5 cm³/mol. The van der Waals surface area contributed by atoms with Crippen molar-refractivity contribution in [3.8, 4) is 17.8 Å². The maximum Gasteiger partial charge on any atom is 0.322 e. The zero-order chi connectivity index (χ0) is 18.6. The monoisotopic (exact) mass is 370 g/mol. The molecule has 130 valence electrons. The molecule has 0 unspecified atom stereocenters. The van der Waals surface area contributed by atoms with E-state index in [9.17, 15) is 12.8 Å². The number of anilines is 1. The number of hydrogen-bond acceptors (Lipinski definition) is 6. The van der Waals surface area contributed by atoms with Crippen LogP contribution in [-0.4, -0.2) is 18.4 Å². The summed E-state index contributed by atoms with van der Waals surface area (Å²) in [5.74, 6) is -0.627. The van der Waals surface area contributed by atoms with Crippen LogP contribution in [0.4, 0.5) is 10.1 Å². The predicted octanol–water partition coefficient (Wildman–Crippen LogP) is 3.08. The first-order chi connectivity index (χ1) is 12.5. The second-order valence-corrected chi connectivity index (χ2v) is 6.65. The van der Waals surface area contributed by atoms with Crippen LogP contribution in [0.15, 0.2) is 65.8 Å². The lowest BCUT2D eigenvalue weighted by Crippen LogP contribution is -2.14. The number of nitrogens with one attached hydrogen (secondary N) is 1. The summed E-state index contributed by atoms with van der Waals surface area (Å²) in [5, 5.41) is 9.03. The van der Waals surface area contributed by atoms with Crippen LogP contribution in [-0.2, 0) is 10.0 Å². The number of benzene rings is 2. The molecule has 3 aromatic rings. The third kappa shape index (κ3) is 3.76. The smallest absolute Gasteiger partial charge is 0.322 e. The third-order valence-corrected chi connectivity index (χ3v) is 4.65. The average Bonchev–Trinajstić information content (AvgIpc) is 2.65. The molecule has 0 fully saturated rings. The van der Waals surface area contributed by atoms with Gasteiger partial charge in [0, 0.05) is 0 Å². The van der Waals surface area contributed by atoms with Gasteiger partial charge in [-0.3, -0.25) is 4.72 Å². The SMILES string of the molecule is N#Cc1ccccc1S(=O)(=O)Nc1cnc(Oc2ccccc2F)nc1.